The van der Waals surface area contributed by atoms with Gasteiger partial charge in [0, 0.05) is 6.42 Å². The molecule has 0 bridgehead atoms. The van der Waals surface area contributed by atoms with Crippen molar-refractivity contribution in [1.82, 2.24) is 0 Å². The minimum atomic E-state index is -0.903. The molecule has 58 valence electrons. The van der Waals surface area contributed by atoms with Crippen LogP contribution in [0.15, 0.2) is 0 Å². The third-order valence-electron chi connectivity index (χ3n) is 1.89. The molecule has 0 radical (unpaired) electrons. The van der Waals surface area contributed by atoms with Crippen LogP contribution < -0.4 is 0 Å². The molecule has 1 aliphatic rings. The van der Waals surface area contributed by atoms with Gasteiger partial charge in [0.25, 0.3) is 0 Å². The van der Waals surface area contributed by atoms with Crippen molar-refractivity contribution >= 4 is 29.2 Å². The Morgan fingerprint density at radius 1 is 1.60 bits per heavy atom. The van der Waals surface area contributed by atoms with Crippen molar-refractivity contribution in [3.63, 3.8) is 0 Å². The highest BCUT2D eigenvalue weighted by Crippen LogP contribution is 2.64. The van der Waals surface area contributed by atoms with Crippen molar-refractivity contribution < 1.29 is 9.53 Å². The summed E-state index contributed by atoms with van der Waals surface area (Å²) in [7, 11) is 1.33. The highest BCUT2D eigenvalue weighted by Gasteiger charge is 2.68. The van der Waals surface area contributed by atoms with Crippen molar-refractivity contribution in [2.24, 2.45) is 5.41 Å². The number of carbonyl (C=O) groups excluding carboxylic acids is 1. The largest absolute Gasteiger partial charge is 0.469 e. The highest BCUT2D eigenvalue weighted by atomic mass is 35.5. The number of halogens is 2. The molecular formula is C6H8Cl2O2. The average Bonchev–Trinajstić information content (AvgIpc) is 2.32. The van der Waals surface area contributed by atoms with Crippen LogP contribution in [0.4, 0.5) is 0 Å². The zero-order valence-electron chi connectivity index (χ0n) is 5.78. The van der Waals surface area contributed by atoms with Crippen LogP contribution in [0, 0.1) is 5.41 Å². The molecule has 1 aliphatic carbocycles. The zero-order chi connectivity index (χ0) is 7.99. The molecule has 0 saturated heterocycles. The number of hydrogen-bond acceptors (Lipinski definition) is 2. The number of methoxy groups -OCH3 is 1. The van der Waals surface area contributed by atoms with E-state index in [-0.39, 0.29) is 5.97 Å². The van der Waals surface area contributed by atoms with Crippen LogP contribution in [0.1, 0.15) is 13.3 Å². The molecule has 1 atom stereocenters. The van der Waals surface area contributed by atoms with Gasteiger partial charge in [-0.05, 0) is 6.92 Å². The van der Waals surface area contributed by atoms with E-state index >= 15 is 0 Å². The van der Waals surface area contributed by atoms with Crippen LogP contribution in [0.2, 0.25) is 0 Å². The molecule has 0 aliphatic heterocycles. The first-order valence-electron chi connectivity index (χ1n) is 2.90. The Hall–Kier alpha value is 0.0500. The second-order valence-corrected chi connectivity index (χ2v) is 4.19. The molecule has 0 unspecified atom stereocenters. The molecule has 10 heavy (non-hydrogen) atoms. The van der Waals surface area contributed by atoms with E-state index in [1.807, 2.05) is 0 Å². The first kappa shape index (κ1) is 8.15. The lowest BCUT2D eigenvalue weighted by atomic mass is 10.1. The van der Waals surface area contributed by atoms with E-state index in [0.717, 1.165) is 0 Å². The Morgan fingerprint density at radius 3 is 2.10 bits per heavy atom. The Bertz CT molecular complexity index is 179. The maximum absolute atomic E-state index is 10.9. The van der Waals surface area contributed by atoms with Crippen molar-refractivity contribution in [3.8, 4) is 0 Å². The second-order valence-electron chi connectivity index (χ2n) is 2.70. The van der Waals surface area contributed by atoms with Gasteiger partial charge in [0.15, 0.2) is 0 Å². The fourth-order valence-electron chi connectivity index (χ4n) is 0.847. The number of ether oxygens (including phenoxy) is 1. The van der Waals surface area contributed by atoms with Gasteiger partial charge in [-0.15, -0.1) is 23.2 Å². The molecule has 0 heterocycles. The van der Waals surface area contributed by atoms with Gasteiger partial charge in [0.2, 0.25) is 0 Å². The number of rotatable bonds is 1. The monoisotopic (exact) mass is 182 g/mol. The minimum Gasteiger partial charge on any atom is -0.469 e. The van der Waals surface area contributed by atoms with Gasteiger partial charge in [0.1, 0.15) is 9.75 Å². The predicted molar refractivity (Wildman–Crippen MR) is 39.2 cm³/mol. The molecular weight excluding hydrogens is 175 g/mol. The van der Waals surface area contributed by atoms with Gasteiger partial charge in [-0.1, -0.05) is 0 Å². The Morgan fingerprint density at radius 2 is 2.00 bits per heavy atom. The van der Waals surface area contributed by atoms with E-state index in [1.54, 1.807) is 6.92 Å². The third-order valence-corrected chi connectivity index (χ3v) is 3.00. The Kier molecular flexibility index (Phi) is 1.64. The normalized spacial score (nSPS) is 35.2. The molecule has 1 fully saturated rings. The fourth-order valence-corrected chi connectivity index (χ4v) is 1.54. The number of carbonyl (C=O) groups is 1. The van der Waals surface area contributed by atoms with Crippen molar-refractivity contribution in [1.29, 1.82) is 0 Å². The van der Waals surface area contributed by atoms with Crippen molar-refractivity contribution in [3.05, 3.63) is 0 Å². The average molecular weight is 183 g/mol. The maximum Gasteiger partial charge on any atom is 0.314 e. The van der Waals surface area contributed by atoms with Crippen LogP contribution in [0.3, 0.4) is 0 Å². The van der Waals surface area contributed by atoms with E-state index in [0.29, 0.717) is 6.42 Å². The molecule has 0 N–H and O–H groups in total. The lowest BCUT2D eigenvalue weighted by molar-refractivity contribution is -0.146. The first-order chi connectivity index (χ1) is 4.44. The molecule has 0 spiro atoms. The summed E-state index contributed by atoms with van der Waals surface area (Å²) in [4.78, 5) is 10.9. The molecule has 1 rings (SSSR count). The zero-order valence-corrected chi connectivity index (χ0v) is 7.29. The van der Waals surface area contributed by atoms with Crippen LogP contribution in [-0.4, -0.2) is 17.4 Å². The summed E-state index contributed by atoms with van der Waals surface area (Å²) in [5, 5.41) is 0. The van der Waals surface area contributed by atoms with Crippen LogP contribution >= 0.6 is 23.2 Å². The quantitative estimate of drug-likeness (QED) is 0.457. The van der Waals surface area contributed by atoms with Gasteiger partial charge in [-0.2, -0.15) is 0 Å². The van der Waals surface area contributed by atoms with E-state index in [1.165, 1.54) is 7.11 Å². The molecule has 0 aromatic carbocycles. The fraction of sp³-hybridized carbons (Fsp3) is 0.833. The van der Waals surface area contributed by atoms with Crippen LogP contribution in [0.25, 0.3) is 0 Å². The molecule has 0 aromatic rings. The molecule has 1 saturated carbocycles. The lowest BCUT2D eigenvalue weighted by Crippen LogP contribution is -2.19. The first-order valence-corrected chi connectivity index (χ1v) is 3.66. The summed E-state index contributed by atoms with van der Waals surface area (Å²) in [6.45, 7) is 1.69. The van der Waals surface area contributed by atoms with Crippen LogP contribution in [0.5, 0.6) is 0 Å². The second kappa shape index (κ2) is 2.02. The summed E-state index contributed by atoms with van der Waals surface area (Å²) < 4.78 is 3.60. The summed E-state index contributed by atoms with van der Waals surface area (Å²) in [5.74, 6) is -0.336. The number of esters is 1. The van der Waals surface area contributed by atoms with Gasteiger partial charge in [-0.3, -0.25) is 4.79 Å². The molecule has 0 aromatic heterocycles. The Balaban J connectivity index is 2.68. The summed E-state index contributed by atoms with van der Waals surface area (Å²) in [5.41, 5.74) is -0.676. The van der Waals surface area contributed by atoms with Crippen molar-refractivity contribution in [2.45, 2.75) is 17.7 Å². The maximum atomic E-state index is 10.9. The lowest BCUT2D eigenvalue weighted by Gasteiger charge is -2.07. The van der Waals surface area contributed by atoms with Crippen molar-refractivity contribution in [2.75, 3.05) is 7.11 Å². The summed E-state index contributed by atoms with van der Waals surface area (Å²) in [6, 6.07) is 0. The Labute approximate surface area is 69.4 Å². The molecule has 4 heteroatoms. The minimum absolute atomic E-state index is 0.336. The standard InChI is InChI=1S/C6H8Cl2O2/c1-5(4(9)10-2)3-6(5,7)8/h3H2,1-2H3/t5-/m0/s1. The SMILES string of the molecule is COC(=O)[C@]1(C)CC1(Cl)Cl. The number of hydrogen-bond donors (Lipinski definition) is 0. The summed E-state index contributed by atoms with van der Waals surface area (Å²) in [6.07, 6.45) is 0.482. The number of alkyl halides is 2. The predicted octanol–water partition coefficient (Wildman–Crippen LogP) is 1.74. The topological polar surface area (TPSA) is 26.3 Å². The molecule has 2 nitrogen and oxygen atoms in total. The van der Waals surface area contributed by atoms with Gasteiger partial charge >= 0.3 is 5.97 Å². The highest BCUT2D eigenvalue weighted by molar-refractivity contribution is 6.53. The third kappa shape index (κ3) is 0.903. The summed E-state index contributed by atoms with van der Waals surface area (Å²) >= 11 is 11.4. The van der Waals surface area contributed by atoms with Crippen LogP contribution in [-0.2, 0) is 9.53 Å². The molecule has 0 amide bonds. The van der Waals surface area contributed by atoms with E-state index in [9.17, 15) is 4.79 Å². The van der Waals surface area contributed by atoms with Gasteiger partial charge in [-0.25, -0.2) is 0 Å². The van der Waals surface area contributed by atoms with E-state index in [4.69, 9.17) is 23.2 Å². The van der Waals surface area contributed by atoms with Gasteiger partial charge in [0.05, 0.1) is 7.11 Å². The van der Waals surface area contributed by atoms with Gasteiger partial charge < -0.3 is 4.74 Å². The smallest absolute Gasteiger partial charge is 0.314 e. The van der Waals surface area contributed by atoms with E-state index in [2.05, 4.69) is 4.74 Å². The van der Waals surface area contributed by atoms with E-state index < -0.39 is 9.75 Å².